The molecule has 0 saturated carbocycles. The van der Waals surface area contributed by atoms with Crippen molar-refractivity contribution >= 4 is 5.91 Å². The second kappa shape index (κ2) is 6.63. The van der Waals surface area contributed by atoms with E-state index in [-0.39, 0.29) is 18.5 Å². The molecule has 0 spiro atoms. The molecule has 2 heterocycles. The third kappa shape index (κ3) is 4.29. The van der Waals surface area contributed by atoms with E-state index in [1.54, 1.807) is 6.20 Å². The fraction of sp³-hybridized carbons (Fsp3) is 0.750. The summed E-state index contributed by atoms with van der Waals surface area (Å²) in [5.74, 6) is -0.0415. The highest BCUT2D eigenvalue weighted by molar-refractivity contribution is 5.75. The molecule has 1 amide bonds. The van der Waals surface area contributed by atoms with Gasteiger partial charge in [-0.05, 0) is 32.9 Å². The van der Waals surface area contributed by atoms with Crippen LogP contribution in [0.3, 0.4) is 0 Å². The second-order valence-corrected chi connectivity index (χ2v) is 5.09. The molecule has 1 saturated heterocycles. The normalized spacial score (nSPS) is 17.6. The summed E-state index contributed by atoms with van der Waals surface area (Å²) >= 11 is 0. The van der Waals surface area contributed by atoms with Crippen molar-refractivity contribution in [3.8, 4) is 0 Å². The Kier molecular flexibility index (Phi) is 4.86. The van der Waals surface area contributed by atoms with Gasteiger partial charge in [-0.15, -0.1) is 5.10 Å². The van der Waals surface area contributed by atoms with Gasteiger partial charge in [0.2, 0.25) is 5.91 Å². The number of carbonyl (C=O) groups is 1. The monoisotopic (exact) mass is 266 g/mol. The van der Waals surface area contributed by atoms with E-state index in [4.69, 9.17) is 5.73 Å². The molecule has 1 aromatic heterocycles. The second-order valence-electron chi connectivity index (χ2n) is 5.09. The van der Waals surface area contributed by atoms with Crippen LogP contribution in [0.15, 0.2) is 6.20 Å². The van der Waals surface area contributed by atoms with E-state index in [1.165, 1.54) is 17.5 Å². The predicted molar refractivity (Wildman–Crippen MR) is 71.2 cm³/mol. The highest BCUT2D eigenvalue weighted by Gasteiger charge is 2.16. The topological polar surface area (TPSA) is 89.1 Å². The zero-order chi connectivity index (χ0) is 13.7. The molecule has 7 nitrogen and oxygen atoms in total. The van der Waals surface area contributed by atoms with Crippen LogP contribution in [-0.2, 0) is 17.9 Å². The largest absolute Gasteiger partial charge is 0.351 e. The van der Waals surface area contributed by atoms with Gasteiger partial charge in [-0.1, -0.05) is 5.21 Å². The van der Waals surface area contributed by atoms with Crippen LogP contribution in [0, 0.1) is 0 Å². The highest BCUT2D eigenvalue weighted by atomic mass is 16.2. The molecule has 0 aromatic carbocycles. The zero-order valence-electron chi connectivity index (χ0n) is 11.4. The van der Waals surface area contributed by atoms with Gasteiger partial charge >= 0.3 is 0 Å². The molecular formula is C12H22N6O. The lowest BCUT2D eigenvalue weighted by molar-refractivity contribution is -0.122. The molecule has 0 bridgehead atoms. The minimum atomic E-state index is -0.0415. The van der Waals surface area contributed by atoms with Gasteiger partial charge in [-0.3, -0.25) is 4.79 Å². The van der Waals surface area contributed by atoms with Crippen LogP contribution in [0.25, 0.3) is 0 Å². The van der Waals surface area contributed by atoms with Crippen LogP contribution in [0.2, 0.25) is 0 Å². The van der Waals surface area contributed by atoms with E-state index in [2.05, 4.69) is 20.5 Å². The van der Waals surface area contributed by atoms with Crippen molar-refractivity contribution in [1.82, 2.24) is 25.2 Å². The molecule has 1 aliphatic heterocycles. The lowest BCUT2D eigenvalue weighted by Gasteiger charge is -2.21. The number of hydrogen-bond acceptors (Lipinski definition) is 5. The molecule has 3 N–H and O–H groups in total. The summed E-state index contributed by atoms with van der Waals surface area (Å²) in [5, 5.41) is 10.7. The van der Waals surface area contributed by atoms with E-state index in [1.807, 2.05) is 6.92 Å². The molecular weight excluding hydrogens is 244 g/mol. The van der Waals surface area contributed by atoms with Crippen molar-refractivity contribution in [2.45, 2.75) is 38.9 Å². The van der Waals surface area contributed by atoms with Gasteiger partial charge in [0.25, 0.3) is 0 Å². The summed E-state index contributed by atoms with van der Waals surface area (Å²) in [5.41, 5.74) is 6.14. The van der Waals surface area contributed by atoms with Gasteiger partial charge in [-0.25, -0.2) is 4.68 Å². The predicted octanol–water partition coefficient (Wildman–Crippen LogP) is -0.663. The smallest absolute Gasteiger partial charge is 0.242 e. The summed E-state index contributed by atoms with van der Waals surface area (Å²) in [6.45, 7) is 5.76. The van der Waals surface area contributed by atoms with E-state index in [0.717, 1.165) is 19.6 Å². The quantitative estimate of drug-likeness (QED) is 0.713. The molecule has 1 aliphatic rings. The van der Waals surface area contributed by atoms with E-state index < -0.39 is 0 Å². The first-order valence-corrected chi connectivity index (χ1v) is 6.78. The first-order valence-electron chi connectivity index (χ1n) is 6.78. The minimum absolute atomic E-state index is 0.0415. The molecule has 0 radical (unpaired) electrons. The van der Waals surface area contributed by atoms with E-state index in [9.17, 15) is 4.79 Å². The van der Waals surface area contributed by atoms with Crippen molar-refractivity contribution < 1.29 is 4.79 Å². The highest BCUT2D eigenvalue weighted by Crippen LogP contribution is 2.07. The molecule has 1 fully saturated rings. The average Bonchev–Trinajstić information content (AvgIpc) is 3.00. The number of hydrogen-bond donors (Lipinski definition) is 2. The average molecular weight is 266 g/mol. The molecule has 2 rings (SSSR count). The molecule has 106 valence electrons. The maximum atomic E-state index is 11.8. The first kappa shape index (κ1) is 14.0. The van der Waals surface area contributed by atoms with Crippen molar-refractivity contribution in [2.24, 2.45) is 5.73 Å². The van der Waals surface area contributed by atoms with E-state index >= 15 is 0 Å². The van der Waals surface area contributed by atoms with Crippen molar-refractivity contribution in [3.05, 3.63) is 11.9 Å². The van der Waals surface area contributed by atoms with Crippen molar-refractivity contribution in [3.63, 3.8) is 0 Å². The standard InChI is InChI=1S/C12H22N6O/c1-10(7-17-4-2-3-5-17)14-12(19)9-18-8-11(6-13)15-16-18/h8,10H,2-7,9,13H2,1H3,(H,14,19). The maximum Gasteiger partial charge on any atom is 0.242 e. The molecule has 19 heavy (non-hydrogen) atoms. The zero-order valence-corrected chi connectivity index (χ0v) is 11.4. The van der Waals surface area contributed by atoms with Gasteiger partial charge in [0.15, 0.2) is 0 Å². The molecule has 0 aliphatic carbocycles. The van der Waals surface area contributed by atoms with Crippen LogP contribution in [0.1, 0.15) is 25.5 Å². The number of likely N-dealkylation sites (tertiary alicyclic amines) is 1. The number of nitrogens with one attached hydrogen (secondary N) is 1. The fourth-order valence-electron chi connectivity index (χ4n) is 2.38. The Morgan fingerprint density at radius 1 is 1.53 bits per heavy atom. The van der Waals surface area contributed by atoms with Gasteiger partial charge in [0.1, 0.15) is 6.54 Å². The van der Waals surface area contributed by atoms with Gasteiger partial charge in [-0.2, -0.15) is 0 Å². The fourth-order valence-corrected chi connectivity index (χ4v) is 2.38. The Bertz CT molecular complexity index is 412. The molecule has 1 unspecified atom stereocenters. The molecule has 1 atom stereocenters. The third-order valence-electron chi connectivity index (χ3n) is 3.24. The van der Waals surface area contributed by atoms with Crippen LogP contribution in [-0.4, -0.2) is 51.5 Å². The number of rotatable bonds is 6. The number of aromatic nitrogens is 3. The molecule has 7 heteroatoms. The lowest BCUT2D eigenvalue weighted by Crippen LogP contribution is -2.42. The van der Waals surface area contributed by atoms with E-state index in [0.29, 0.717) is 12.2 Å². The van der Waals surface area contributed by atoms with Gasteiger partial charge in [0, 0.05) is 19.1 Å². The van der Waals surface area contributed by atoms with Crippen LogP contribution < -0.4 is 11.1 Å². The Balaban J connectivity index is 1.73. The summed E-state index contributed by atoms with van der Waals surface area (Å²) in [6, 6.07) is 0.156. The molecule has 1 aromatic rings. The number of amides is 1. The Labute approximate surface area is 113 Å². The van der Waals surface area contributed by atoms with Crippen LogP contribution in [0.5, 0.6) is 0 Å². The van der Waals surface area contributed by atoms with Crippen LogP contribution in [0.4, 0.5) is 0 Å². The SMILES string of the molecule is CC(CN1CCCC1)NC(=O)Cn1cc(CN)nn1. The lowest BCUT2D eigenvalue weighted by atomic mass is 10.3. The third-order valence-corrected chi connectivity index (χ3v) is 3.24. The van der Waals surface area contributed by atoms with Crippen molar-refractivity contribution in [2.75, 3.05) is 19.6 Å². The first-order chi connectivity index (χ1) is 9.17. The van der Waals surface area contributed by atoms with Gasteiger partial charge in [0.05, 0.1) is 11.9 Å². The summed E-state index contributed by atoms with van der Waals surface area (Å²) in [7, 11) is 0. The summed E-state index contributed by atoms with van der Waals surface area (Å²) in [4.78, 5) is 14.2. The van der Waals surface area contributed by atoms with Crippen LogP contribution >= 0.6 is 0 Å². The van der Waals surface area contributed by atoms with Crippen molar-refractivity contribution in [1.29, 1.82) is 0 Å². The Morgan fingerprint density at radius 2 is 2.26 bits per heavy atom. The van der Waals surface area contributed by atoms with Gasteiger partial charge < -0.3 is 16.0 Å². The summed E-state index contributed by atoms with van der Waals surface area (Å²) < 4.78 is 1.51. The Morgan fingerprint density at radius 3 is 2.89 bits per heavy atom. The minimum Gasteiger partial charge on any atom is -0.351 e. The number of carbonyl (C=O) groups excluding carboxylic acids is 1. The maximum absolute atomic E-state index is 11.8. The summed E-state index contributed by atoms with van der Waals surface area (Å²) in [6.07, 6.45) is 4.23. The number of nitrogens with zero attached hydrogens (tertiary/aromatic N) is 4. The Hall–Kier alpha value is -1.47. The number of nitrogens with two attached hydrogens (primary N) is 1.